The minimum atomic E-state index is -0.176. The fourth-order valence-electron chi connectivity index (χ4n) is 3.45. The Morgan fingerprint density at radius 3 is 2.61 bits per heavy atom. The smallest absolute Gasteiger partial charge is 0.189 e. The molecule has 0 amide bonds. The number of nitrogens with zero attached hydrogens (tertiary/aromatic N) is 4. The SMILES string of the molecule is CCCCN(C)c1ccncc1CC(=O)c1nc(-c2ccc(CCN)cc2)cnc1N. The van der Waals surface area contributed by atoms with Gasteiger partial charge >= 0.3 is 0 Å². The first kappa shape index (κ1) is 22.4. The van der Waals surface area contributed by atoms with E-state index in [0.29, 0.717) is 12.2 Å². The number of pyridine rings is 1. The zero-order chi connectivity index (χ0) is 22.2. The van der Waals surface area contributed by atoms with Gasteiger partial charge in [-0.2, -0.15) is 0 Å². The maximum absolute atomic E-state index is 13.1. The van der Waals surface area contributed by atoms with E-state index in [4.69, 9.17) is 11.5 Å². The number of unbranched alkanes of at least 4 members (excludes halogenated alkanes) is 1. The Morgan fingerprint density at radius 1 is 1.13 bits per heavy atom. The zero-order valence-corrected chi connectivity index (χ0v) is 18.2. The lowest BCUT2D eigenvalue weighted by Gasteiger charge is -2.21. The molecule has 2 heterocycles. The van der Waals surface area contributed by atoms with Crippen molar-refractivity contribution in [1.82, 2.24) is 15.0 Å². The van der Waals surface area contributed by atoms with Crippen molar-refractivity contribution in [3.63, 3.8) is 0 Å². The third-order valence-corrected chi connectivity index (χ3v) is 5.23. The molecule has 2 aromatic heterocycles. The van der Waals surface area contributed by atoms with Crippen LogP contribution in [0.25, 0.3) is 11.3 Å². The van der Waals surface area contributed by atoms with Gasteiger partial charge in [0.25, 0.3) is 0 Å². The van der Waals surface area contributed by atoms with Crippen LogP contribution in [-0.4, -0.2) is 40.9 Å². The Morgan fingerprint density at radius 2 is 1.90 bits per heavy atom. The van der Waals surface area contributed by atoms with Crippen molar-refractivity contribution in [2.75, 3.05) is 30.8 Å². The highest BCUT2D eigenvalue weighted by atomic mass is 16.1. The van der Waals surface area contributed by atoms with E-state index in [2.05, 4.69) is 26.8 Å². The Kier molecular flexibility index (Phi) is 7.67. The number of carbonyl (C=O) groups excluding carboxylic acids is 1. The number of Topliss-reactive ketones (excluding diaryl/α,β-unsaturated/α-hetero) is 1. The number of benzene rings is 1. The lowest BCUT2D eigenvalue weighted by molar-refractivity contribution is 0.0989. The van der Waals surface area contributed by atoms with E-state index in [-0.39, 0.29) is 23.7 Å². The van der Waals surface area contributed by atoms with Crippen molar-refractivity contribution in [1.29, 1.82) is 0 Å². The fourth-order valence-corrected chi connectivity index (χ4v) is 3.45. The third-order valence-electron chi connectivity index (χ3n) is 5.23. The first-order valence-corrected chi connectivity index (χ1v) is 10.6. The highest BCUT2D eigenvalue weighted by Gasteiger charge is 2.18. The Balaban J connectivity index is 1.84. The van der Waals surface area contributed by atoms with E-state index < -0.39 is 0 Å². The molecule has 0 aliphatic carbocycles. The van der Waals surface area contributed by atoms with Crippen LogP contribution in [0.1, 0.15) is 41.4 Å². The highest BCUT2D eigenvalue weighted by Crippen LogP contribution is 2.23. The predicted molar refractivity (Wildman–Crippen MR) is 125 cm³/mol. The summed E-state index contributed by atoms with van der Waals surface area (Å²) in [7, 11) is 2.03. The van der Waals surface area contributed by atoms with E-state index in [1.54, 1.807) is 18.6 Å². The maximum atomic E-state index is 13.1. The molecule has 3 aromatic rings. The summed E-state index contributed by atoms with van der Waals surface area (Å²) in [5.74, 6) is -0.0389. The molecule has 7 nitrogen and oxygen atoms in total. The topological polar surface area (TPSA) is 111 Å². The molecule has 0 saturated carbocycles. The van der Waals surface area contributed by atoms with Gasteiger partial charge in [0, 0.05) is 49.2 Å². The molecule has 0 radical (unpaired) electrons. The van der Waals surface area contributed by atoms with Gasteiger partial charge in [-0.05, 0) is 31.0 Å². The molecule has 0 fully saturated rings. The molecule has 0 unspecified atom stereocenters. The van der Waals surface area contributed by atoms with Crippen LogP contribution >= 0.6 is 0 Å². The predicted octanol–water partition coefficient (Wildman–Crippen LogP) is 3.28. The summed E-state index contributed by atoms with van der Waals surface area (Å²) in [6.07, 6.45) is 8.24. The first-order valence-electron chi connectivity index (χ1n) is 10.6. The summed E-state index contributed by atoms with van der Waals surface area (Å²) in [6, 6.07) is 9.88. The second kappa shape index (κ2) is 10.6. The summed E-state index contributed by atoms with van der Waals surface area (Å²) in [5, 5.41) is 0. The average Bonchev–Trinajstić information content (AvgIpc) is 2.79. The largest absolute Gasteiger partial charge is 0.382 e. The summed E-state index contributed by atoms with van der Waals surface area (Å²) in [6.45, 7) is 3.67. The van der Waals surface area contributed by atoms with E-state index in [0.717, 1.165) is 48.2 Å². The molecule has 1 aromatic carbocycles. The van der Waals surface area contributed by atoms with Crippen LogP contribution in [0.4, 0.5) is 11.5 Å². The van der Waals surface area contributed by atoms with Crippen LogP contribution in [0.2, 0.25) is 0 Å². The summed E-state index contributed by atoms with van der Waals surface area (Å²) in [4.78, 5) is 28.2. The molecule has 7 heteroatoms. The molecule has 31 heavy (non-hydrogen) atoms. The number of nitrogens with two attached hydrogens (primary N) is 2. The van der Waals surface area contributed by atoms with Crippen molar-refractivity contribution in [3.05, 3.63) is 65.7 Å². The molecule has 162 valence electrons. The molecule has 0 saturated heterocycles. The summed E-state index contributed by atoms with van der Waals surface area (Å²) >= 11 is 0. The molecule has 0 aliphatic rings. The second-order valence-electron chi connectivity index (χ2n) is 7.60. The standard InChI is InChI=1S/C24H30N6O/c1-3-4-13-30(2)21-10-12-27-15-19(21)14-22(31)23-24(26)28-16-20(29-23)18-7-5-17(6-8-18)9-11-25/h5-8,10,12,15-16H,3-4,9,11,13-14,25H2,1-2H3,(H2,26,28). The minimum absolute atomic E-state index is 0.137. The molecule has 0 bridgehead atoms. The van der Waals surface area contributed by atoms with Gasteiger partial charge < -0.3 is 16.4 Å². The Hall–Kier alpha value is -3.32. The van der Waals surface area contributed by atoms with E-state index in [1.807, 2.05) is 37.4 Å². The zero-order valence-electron chi connectivity index (χ0n) is 18.2. The van der Waals surface area contributed by atoms with Crippen molar-refractivity contribution in [2.24, 2.45) is 5.73 Å². The van der Waals surface area contributed by atoms with Crippen LogP contribution in [0, 0.1) is 0 Å². The van der Waals surface area contributed by atoms with Crippen LogP contribution in [-0.2, 0) is 12.8 Å². The van der Waals surface area contributed by atoms with Gasteiger partial charge in [-0.15, -0.1) is 0 Å². The minimum Gasteiger partial charge on any atom is -0.382 e. The number of hydrogen-bond donors (Lipinski definition) is 2. The van der Waals surface area contributed by atoms with Crippen LogP contribution < -0.4 is 16.4 Å². The van der Waals surface area contributed by atoms with E-state index in [1.165, 1.54) is 0 Å². The Bertz CT molecular complexity index is 1020. The number of nitrogen functional groups attached to an aromatic ring is 1. The fraction of sp³-hybridized carbons (Fsp3) is 0.333. The average molecular weight is 419 g/mol. The second-order valence-corrected chi connectivity index (χ2v) is 7.60. The molecular weight excluding hydrogens is 388 g/mol. The molecule has 0 aliphatic heterocycles. The lowest BCUT2D eigenvalue weighted by atomic mass is 10.0. The number of aromatic nitrogens is 3. The van der Waals surface area contributed by atoms with E-state index in [9.17, 15) is 4.79 Å². The van der Waals surface area contributed by atoms with Gasteiger partial charge in [-0.3, -0.25) is 9.78 Å². The molecule has 0 atom stereocenters. The van der Waals surface area contributed by atoms with Gasteiger partial charge in [0.15, 0.2) is 11.6 Å². The number of rotatable bonds is 10. The van der Waals surface area contributed by atoms with Crippen molar-refractivity contribution in [2.45, 2.75) is 32.6 Å². The number of ketones is 1. The van der Waals surface area contributed by atoms with Crippen LogP contribution in [0.5, 0.6) is 0 Å². The van der Waals surface area contributed by atoms with Gasteiger partial charge in [0.1, 0.15) is 5.69 Å². The van der Waals surface area contributed by atoms with Gasteiger partial charge in [0.05, 0.1) is 11.9 Å². The number of hydrogen-bond acceptors (Lipinski definition) is 7. The third kappa shape index (κ3) is 5.64. The monoisotopic (exact) mass is 418 g/mol. The van der Waals surface area contributed by atoms with Gasteiger partial charge in [0.2, 0.25) is 0 Å². The van der Waals surface area contributed by atoms with Crippen molar-refractivity contribution in [3.8, 4) is 11.3 Å². The van der Waals surface area contributed by atoms with Crippen molar-refractivity contribution >= 4 is 17.3 Å². The van der Waals surface area contributed by atoms with Crippen LogP contribution in [0.15, 0.2) is 48.9 Å². The normalized spacial score (nSPS) is 10.8. The van der Waals surface area contributed by atoms with Gasteiger partial charge in [-0.25, -0.2) is 9.97 Å². The highest BCUT2D eigenvalue weighted by molar-refractivity contribution is 6.00. The summed E-state index contributed by atoms with van der Waals surface area (Å²) < 4.78 is 0. The lowest BCUT2D eigenvalue weighted by Crippen LogP contribution is -2.21. The first-order chi connectivity index (χ1) is 15.0. The van der Waals surface area contributed by atoms with Gasteiger partial charge in [-0.1, -0.05) is 37.6 Å². The van der Waals surface area contributed by atoms with Crippen LogP contribution in [0.3, 0.4) is 0 Å². The Labute approximate surface area is 183 Å². The van der Waals surface area contributed by atoms with Crippen molar-refractivity contribution < 1.29 is 4.79 Å². The molecule has 0 spiro atoms. The maximum Gasteiger partial charge on any atom is 0.189 e. The molecule has 3 rings (SSSR count). The van der Waals surface area contributed by atoms with E-state index >= 15 is 0 Å². The number of anilines is 2. The molecule has 4 N–H and O–H groups in total. The quantitative estimate of drug-likeness (QED) is 0.486. The summed E-state index contributed by atoms with van der Waals surface area (Å²) in [5.41, 5.74) is 16.3. The number of carbonyl (C=O) groups is 1. The molecular formula is C24H30N6O.